The highest BCUT2D eigenvalue weighted by Gasteiger charge is 2.27. The van der Waals surface area contributed by atoms with Crippen molar-refractivity contribution in [1.82, 2.24) is 0 Å². The number of amides is 1. The normalized spacial score (nSPS) is 10.8. The minimum absolute atomic E-state index is 0.00934. The number of ether oxygens (including phenoxy) is 4. The molecular formula is C27H27ClN2O9S. The van der Waals surface area contributed by atoms with Crippen molar-refractivity contribution in [3.63, 3.8) is 0 Å². The van der Waals surface area contributed by atoms with E-state index in [1.807, 2.05) is 0 Å². The van der Waals surface area contributed by atoms with Crippen LogP contribution in [-0.2, 0) is 26.0 Å². The maximum absolute atomic E-state index is 13.7. The number of hydrogen-bond donors (Lipinski definition) is 1. The molecule has 40 heavy (non-hydrogen) atoms. The summed E-state index contributed by atoms with van der Waals surface area (Å²) in [5.74, 6) is -1.92. The van der Waals surface area contributed by atoms with Crippen LogP contribution in [0.1, 0.15) is 36.6 Å². The fraction of sp³-hybridized carbons (Fsp3) is 0.222. The number of carbonyl (C=O) groups excluding carboxylic acids is 3. The van der Waals surface area contributed by atoms with Gasteiger partial charge in [0.05, 0.1) is 63.6 Å². The van der Waals surface area contributed by atoms with Crippen molar-refractivity contribution in [2.45, 2.75) is 6.54 Å². The molecule has 0 heterocycles. The molecule has 0 spiro atoms. The van der Waals surface area contributed by atoms with E-state index in [0.29, 0.717) is 10.6 Å². The SMILES string of the molecule is COC(=O)c1cc(NC(=O)c2cc(OC)c(OC)cc2N(Cc2ccc(Cl)cc2)S(C)(=O)=O)cc(C(=O)OC)c1. The maximum atomic E-state index is 13.7. The van der Waals surface area contributed by atoms with Crippen LogP contribution in [0.25, 0.3) is 0 Å². The molecule has 1 N–H and O–H groups in total. The van der Waals surface area contributed by atoms with E-state index in [1.54, 1.807) is 24.3 Å². The quantitative estimate of drug-likeness (QED) is 0.345. The van der Waals surface area contributed by atoms with E-state index in [9.17, 15) is 22.8 Å². The topological polar surface area (TPSA) is 138 Å². The third-order valence-corrected chi connectivity index (χ3v) is 7.07. The van der Waals surface area contributed by atoms with Gasteiger partial charge in [-0.3, -0.25) is 9.10 Å². The van der Waals surface area contributed by atoms with Crippen LogP contribution in [0.4, 0.5) is 11.4 Å². The third kappa shape index (κ3) is 7.01. The molecule has 0 radical (unpaired) electrons. The summed E-state index contributed by atoms with van der Waals surface area (Å²) < 4.78 is 47.2. The molecule has 3 aromatic rings. The lowest BCUT2D eigenvalue weighted by atomic mass is 10.1. The number of hydrogen-bond acceptors (Lipinski definition) is 9. The second-order valence-corrected chi connectivity index (χ2v) is 10.7. The van der Waals surface area contributed by atoms with Crippen molar-refractivity contribution < 1.29 is 41.7 Å². The molecule has 0 saturated carbocycles. The molecule has 11 nitrogen and oxygen atoms in total. The van der Waals surface area contributed by atoms with Gasteiger partial charge < -0.3 is 24.3 Å². The predicted molar refractivity (Wildman–Crippen MR) is 149 cm³/mol. The Morgan fingerprint density at radius 3 is 1.82 bits per heavy atom. The minimum Gasteiger partial charge on any atom is -0.493 e. The molecule has 0 saturated heterocycles. The van der Waals surface area contributed by atoms with Gasteiger partial charge in [-0.25, -0.2) is 18.0 Å². The molecule has 212 valence electrons. The first-order valence-corrected chi connectivity index (χ1v) is 13.8. The third-order valence-electron chi connectivity index (χ3n) is 5.69. The van der Waals surface area contributed by atoms with Crippen molar-refractivity contribution in [1.29, 1.82) is 0 Å². The highest BCUT2D eigenvalue weighted by molar-refractivity contribution is 7.92. The molecule has 1 amide bonds. The van der Waals surface area contributed by atoms with E-state index in [2.05, 4.69) is 5.32 Å². The number of nitrogens with one attached hydrogen (secondary N) is 1. The molecule has 0 bridgehead atoms. The van der Waals surface area contributed by atoms with E-state index in [1.165, 1.54) is 58.8 Å². The van der Waals surface area contributed by atoms with Gasteiger partial charge in [0, 0.05) is 16.8 Å². The number of halogens is 1. The number of sulfonamides is 1. The maximum Gasteiger partial charge on any atom is 0.337 e. The first kappa shape index (κ1) is 30.3. The fourth-order valence-electron chi connectivity index (χ4n) is 3.76. The largest absolute Gasteiger partial charge is 0.493 e. The van der Waals surface area contributed by atoms with Crippen LogP contribution in [0, 0.1) is 0 Å². The second kappa shape index (κ2) is 12.7. The monoisotopic (exact) mass is 590 g/mol. The summed E-state index contributed by atoms with van der Waals surface area (Å²) in [6, 6.07) is 13.1. The Morgan fingerprint density at radius 2 is 1.35 bits per heavy atom. The van der Waals surface area contributed by atoms with Gasteiger partial charge >= 0.3 is 11.9 Å². The molecule has 3 aromatic carbocycles. The lowest BCUT2D eigenvalue weighted by Crippen LogP contribution is -2.31. The summed E-state index contributed by atoms with van der Waals surface area (Å²) in [4.78, 5) is 38.0. The summed E-state index contributed by atoms with van der Waals surface area (Å²) >= 11 is 5.98. The van der Waals surface area contributed by atoms with E-state index in [-0.39, 0.29) is 46.1 Å². The van der Waals surface area contributed by atoms with Crippen LogP contribution in [-0.4, -0.2) is 61.0 Å². The molecule has 0 fully saturated rings. The van der Waals surface area contributed by atoms with Gasteiger partial charge in [-0.1, -0.05) is 23.7 Å². The van der Waals surface area contributed by atoms with Crippen LogP contribution < -0.4 is 19.1 Å². The molecule has 0 unspecified atom stereocenters. The van der Waals surface area contributed by atoms with Gasteiger partial charge in [-0.05, 0) is 42.0 Å². The Balaban J connectivity index is 2.16. The number of anilines is 2. The van der Waals surface area contributed by atoms with Crippen molar-refractivity contribution in [2.24, 2.45) is 0 Å². The summed E-state index contributed by atoms with van der Waals surface area (Å²) in [6.07, 6.45) is 1.00. The van der Waals surface area contributed by atoms with Crippen LogP contribution in [0.2, 0.25) is 5.02 Å². The van der Waals surface area contributed by atoms with Gasteiger partial charge in [0.1, 0.15) is 0 Å². The Labute approximate surface area is 236 Å². The Morgan fingerprint density at radius 1 is 0.825 bits per heavy atom. The summed E-state index contributed by atoms with van der Waals surface area (Å²) in [7, 11) is 1.13. The first-order chi connectivity index (χ1) is 18.9. The van der Waals surface area contributed by atoms with E-state index >= 15 is 0 Å². The van der Waals surface area contributed by atoms with Crippen LogP contribution in [0.3, 0.4) is 0 Å². The lowest BCUT2D eigenvalue weighted by molar-refractivity contribution is 0.0598. The number of benzene rings is 3. The molecule has 3 rings (SSSR count). The molecule has 0 aliphatic heterocycles. The molecule has 0 aliphatic carbocycles. The number of nitrogens with zero attached hydrogens (tertiary/aromatic N) is 1. The van der Waals surface area contributed by atoms with E-state index < -0.39 is 27.9 Å². The fourth-order valence-corrected chi connectivity index (χ4v) is 4.78. The number of methoxy groups -OCH3 is 4. The lowest BCUT2D eigenvalue weighted by Gasteiger charge is -2.26. The molecule has 0 atom stereocenters. The number of esters is 2. The van der Waals surface area contributed by atoms with Gasteiger partial charge in [0.25, 0.3) is 5.91 Å². The summed E-state index contributed by atoms with van der Waals surface area (Å²) in [5.41, 5.74) is 0.509. The van der Waals surface area contributed by atoms with Crippen LogP contribution in [0.15, 0.2) is 54.6 Å². The Bertz CT molecular complexity index is 1510. The standard InChI is InChI=1S/C27H27ClN2O9S/c1-36-23-13-21(25(31)29-20-11-17(26(32)38-3)10-18(12-20)27(33)39-4)22(14-24(23)37-2)30(40(5,34)35)15-16-6-8-19(28)9-7-16/h6-14H,15H2,1-5H3,(H,29,31). The van der Waals surface area contributed by atoms with Crippen molar-refractivity contribution in [3.8, 4) is 11.5 Å². The van der Waals surface area contributed by atoms with E-state index in [0.717, 1.165) is 10.6 Å². The summed E-state index contributed by atoms with van der Waals surface area (Å²) in [6.45, 7) is -0.129. The minimum atomic E-state index is -3.94. The van der Waals surface area contributed by atoms with Crippen molar-refractivity contribution in [3.05, 3.63) is 81.9 Å². The van der Waals surface area contributed by atoms with Crippen LogP contribution in [0.5, 0.6) is 11.5 Å². The Hall–Kier alpha value is -4.29. The van der Waals surface area contributed by atoms with Crippen LogP contribution >= 0.6 is 11.6 Å². The molecular weight excluding hydrogens is 564 g/mol. The van der Waals surface area contributed by atoms with Crippen molar-refractivity contribution >= 4 is 50.8 Å². The number of rotatable bonds is 10. The van der Waals surface area contributed by atoms with Gasteiger partial charge in [0.15, 0.2) is 11.5 Å². The zero-order valence-electron chi connectivity index (χ0n) is 22.3. The zero-order chi connectivity index (χ0) is 29.6. The van der Waals surface area contributed by atoms with Gasteiger partial charge in [0.2, 0.25) is 10.0 Å². The summed E-state index contributed by atoms with van der Waals surface area (Å²) in [5, 5.41) is 3.09. The van der Waals surface area contributed by atoms with E-state index in [4.69, 9.17) is 30.5 Å². The highest BCUT2D eigenvalue weighted by Crippen LogP contribution is 2.37. The molecule has 13 heteroatoms. The first-order valence-electron chi connectivity index (χ1n) is 11.5. The van der Waals surface area contributed by atoms with Gasteiger partial charge in [-0.15, -0.1) is 0 Å². The van der Waals surface area contributed by atoms with Gasteiger partial charge in [-0.2, -0.15) is 0 Å². The van der Waals surface area contributed by atoms with Crippen molar-refractivity contribution in [2.75, 3.05) is 44.3 Å². The molecule has 0 aliphatic rings. The average Bonchev–Trinajstić information content (AvgIpc) is 2.94. The average molecular weight is 591 g/mol. The molecule has 0 aromatic heterocycles. The second-order valence-electron chi connectivity index (χ2n) is 8.36. The zero-order valence-corrected chi connectivity index (χ0v) is 23.9. The Kier molecular flexibility index (Phi) is 9.61. The number of carbonyl (C=O) groups is 3. The predicted octanol–water partition coefficient (Wildman–Crippen LogP) is 4.15. The highest BCUT2D eigenvalue weighted by atomic mass is 35.5. The smallest absolute Gasteiger partial charge is 0.337 e.